The SMILES string of the molecule is CCCCCC(C)NC1CCN(C)C1=O. The lowest BCUT2D eigenvalue weighted by Gasteiger charge is -2.18. The number of carbonyl (C=O) groups is 1. The molecule has 1 saturated heterocycles. The summed E-state index contributed by atoms with van der Waals surface area (Å²) in [5, 5.41) is 3.43. The van der Waals surface area contributed by atoms with Crippen molar-refractivity contribution in [2.24, 2.45) is 0 Å². The van der Waals surface area contributed by atoms with E-state index in [0.29, 0.717) is 6.04 Å². The van der Waals surface area contributed by atoms with Gasteiger partial charge in [-0.3, -0.25) is 4.79 Å². The Morgan fingerprint density at radius 1 is 1.53 bits per heavy atom. The third kappa shape index (κ3) is 3.82. The van der Waals surface area contributed by atoms with Crippen molar-refractivity contribution in [2.75, 3.05) is 13.6 Å². The third-order valence-corrected chi connectivity index (χ3v) is 3.15. The highest BCUT2D eigenvalue weighted by Crippen LogP contribution is 2.11. The van der Waals surface area contributed by atoms with Gasteiger partial charge in [-0.2, -0.15) is 0 Å². The van der Waals surface area contributed by atoms with E-state index in [1.807, 2.05) is 11.9 Å². The maximum Gasteiger partial charge on any atom is 0.239 e. The van der Waals surface area contributed by atoms with Gasteiger partial charge in [0.2, 0.25) is 5.91 Å². The Balaban J connectivity index is 2.20. The van der Waals surface area contributed by atoms with Crippen LogP contribution in [0, 0.1) is 0 Å². The predicted octanol–water partition coefficient (Wildman–Crippen LogP) is 1.78. The number of rotatable bonds is 6. The van der Waals surface area contributed by atoms with E-state index in [2.05, 4.69) is 19.2 Å². The number of hydrogen-bond acceptors (Lipinski definition) is 2. The topological polar surface area (TPSA) is 32.3 Å². The molecule has 3 nitrogen and oxygen atoms in total. The van der Waals surface area contributed by atoms with Crippen molar-refractivity contribution in [1.29, 1.82) is 0 Å². The zero-order chi connectivity index (χ0) is 11.3. The molecular formula is C12H24N2O. The minimum absolute atomic E-state index is 0.0756. The third-order valence-electron chi connectivity index (χ3n) is 3.15. The molecule has 3 heteroatoms. The van der Waals surface area contributed by atoms with Gasteiger partial charge in [-0.1, -0.05) is 26.2 Å². The summed E-state index contributed by atoms with van der Waals surface area (Å²) in [7, 11) is 1.88. The average Bonchev–Trinajstić information content (AvgIpc) is 2.50. The van der Waals surface area contributed by atoms with Crippen molar-refractivity contribution >= 4 is 5.91 Å². The summed E-state index contributed by atoms with van der Waals surface area (Å²) in [4.78, 5) is 13.5. The van der Waals surface area contributed by atoms with Crippen molar-refractivity contribution in [2.45, 2.75) is 58.0 Å². The molecule has 1 aliphatic rings. The second-order valence-electron chi connectivity index (χ2n) is 4.66. The lowest BCUT2D eigenvalue weighted by atomic mass is 10.1. The van der Waals surface area contributed by atoms with Crippen LogP contribution in [0.4, 0.5) is 0 Å². The summed E-state index contributed by atoms with van der Waals surface area (Å²) in [5.41, 5.74) is 0. The number of unbranched alkanes of at least 4 members (excludes halogenated alkanes) is 2. The van der Waals surface area contributed by atoms with E-state index in [-0.39, 0.29) is 11.9 Å². The van der Waals surface area contributed by atoms with Crippen LogP contribution in [0.5, 0.6) is 0 Å². The Bertz CT molecular complexity index is 206. The molecule has 0 aromatic carbocycles. The van der Waals surface area contributed by atoms with Crippen molar-refractivity contribution < 1.29 is 4.79 Å². The van der Waals surface area contributed by atoms with Crippen LogP contribution >= 0.6 is 0 Å². The van der Waals surface area contributed by atoms with E-state index in [4.69, 9.17) is 0 Å². The second kappa shape index (κ2) is 6.11. The fourth-order valence-corrected chi connectivity index (χ4v) is 2.10. The number of nitrogens with one attached hydrogen (secondary N) is 1. The van der Waals surface area contributed by atoms with Gasteiger partial charge in [-0.15, -0.1) is 0 Å². The Morgan fingerprint density at radius 3 is 2.80 bits per heavy atom. The maximum absolute atomic E-state index is 11.6. The van der Waals surface area contributed by atoms with Crippen LogP contribution in [-0.4, -0.2) is 36.5 Å². The molecule has 0 aliphatic carbocycles. The van der Waals surface area contributed by atoms with Crippen LogP contribution in [0.15, 0.2) is 0 Å². The first-order chi connectivity index (χ1) is 7.15. The Kier molecular flexibility index (Phi) is 5.09. The first-order valence-electron chi connectivity index (χ1n) is 6.16. The van der Waals surface area contributed by atoms with E-state index >= 15 is 0 Å². The smallest absolute Gasteiger partial charge is 0.239 e. The fourth-order valence-electron chi connectivity index (χ4n) is 2.10. The van der Waals surface area contributed by atoms with Crippen LogP contribution in [0.1, 0.15) is 46.0 Å². The second-order valence-corrected chi connectivity index (χ2v) is 4.66. The first kappa shape index (κ1) is 12.5. The molecule has 15 heavy (non-hydrogen) atoms. The van der Waals surface area contributed by atoms with Crippen LogP contribution < -0.4 is 5.32 Å². The molecule has 1 aliphatic heterocycles. The highest BCUT2D eigenvalue weighted by Gasteiger charge is 2.29. The molecule has 1 heterocycles. The molecule has 0 saturated carbocycles. The van der Waals surface area contributed by atoms with Crippen LogP contribution in [0.2, 0.25) is 0 Å². The van der Waals surface area contributed by atoms with E-state index in [0.717, 1.165) is 13.0 Å². The first-order valence-corrected chi connectivity index (χ1v) is 6.16. The van der Waals surface area contributed by atoms with E-state index in [9.17, 15) is 4.79 Å². The van der Waals surface area contributed by atoms with Gasteiger partial charge in [-0.25, -0.2) is 0 Å². The summed E-state index contributed by atoms with van der Waals surface area (Å²) in [6, 6.07) is 0.545. The summed E-state index contributed by atoms with van der Waals surface area (Å²) >= 11 is 0. The lowest BCUT2D eigenvalue weighted by molar-refractivity contribution is -0.128. The van der Waals surface area contributed by atoms with Crippen LogP contribution in [0.3, 0.4) is 0 Å². The number of likely N-dealkylation sites (tertiary alicyclic amines) is 1. The number of hydrogen-bond donors (Lipinski definition) is 1. The average molecular weight is 212 g/mol. The van der Waals surface area contributed by atoms with Gasteiger partial charge < -0.3 is 10.2 Å². The molecule has 1 rings (SSSR count). The zero-order valence-electron chi connectivity index (χ0n) is 10.3. The van der Waals surface area contributed by atoms with Gasteiger partial charge >= 0.3 is 0 Å². The van der Waals surface area contributed by atoms with Crippen molar-refractivity contribution in [3.05, 3.63) is 0 Å². The summed E-state index contributed by atoms with van der Waals surface area (Å²) in [6.45, 7) is 5.30. The van der Waals surface area contributed by atoms with Gasteiger partial charge in [0.25, 0.3) is 0 Å². The van der Waals surface area contributed by atoms with Crippen LogP contribution in [0.25, 0.3) is 0 Å². The van der Waals surface area contributed by atoms with Gasteiger partial charge in [0.1, 0.15) is 0 Å². The quantitative estimate of drug-likeness (QED) is 0.681. The molecule has 0 bridgehead atoms. The Morgan fingerprint density at radius 2 is 2.27 bits per heavy atom. The maximum atomic E-state index is 11.6. The standard InChI is InChI=1S/C12H24N2O/c1-4-5-6-7-10(2)13-11-8-9-14(3)12(11)15/h10-11,13H,4-9H2,1-3H3. The lowest BCUT2D eigenvalue weighted by Crippen LogP contribution is -2.41. The molecular weight excluding hydrogens is 188 g/mol. The van der Waals surface area contributed by atoms with Gasteiger partial charge in [-0.05, 0) is 19.8 Å². The predicted molar refractivity (Wildman–Crippen MR) is 62.8 cm³/mol. The molecule has 0 aromatic rings. The molecule has 0 spiro atoms. The van der Waals surface area contributed by atoms with Crippen molar-refractivity contribution in [1.82, 2.24) is 10.2 Å². The van der Waals surface area contributed by atoms with Crippen molar-refractivity contribution in [3.8, 4) is 0 Å². The molecule has 88 valence electrons. The number of nitrogens with zero attached hydrogens (tertiary/aromatic N) is 1. The van der Waals surface area contributed by atoms with E-state index in [1.165, 1.54) is 25.7 Å². The summed E-state index contributed by atoms with van der Waals surface area (Å²) < 4.78 is 0. The minimum Gasteiger partial charge on any atom is -0.344 e. The number of carbonyl (C=O) groups excluding carboxylic acids is 1. The Labute approximate surface area is 93.2 Å². The molecule has 2 unspecified atom stereocenters. The van der Waals surface area contributed by atoms with Gasteiger partial charge in [0.05, 0.1) is 6.04 Å². The van der Waals surface area contributed by atoms with Crippen LogP contribution in [-0.2, 0) is 4.79 Å². The van der Waals surface area contributed by atoms with Gasteiger partial charge in [0, 0.05) is 19.6 Å². The molecule has 0 radical (unpaired) electrons. The molecule has 1 N–H and O–H groups in total. The van der Waals surface area contributed by atoms with Gasteiger partial charge in [0.15, 0.2) is 0 Å². The summed E-state index contributed by atoms with van der Waals surface area (Å²) in [5.74, 6) is 0.261. The van der Waals surface area contributed by atoms with E-state index in [1.54, 1.807) is 0 Å². The normalized spacial score (nSPS) is 23.5. The molecule has 1 fully saturated rings. The molecule has 2 atom stereocenters. The highest BCUT2D eigenvalue weighted by atomic mass is 16.2. The number of likely N-dealkylation sites (N-methyl/N-ethyl adjacent to an activating group) is 1. The minimum atomic E-state index is 0.0756. The Hall–Kier alpha value is -0.570. The largest absolute Gasteiger partial charge is 0.344 e. The van der Waals surface area contributed by atoms with Crippen molar-refractivity contribution in [3.63, 3.8) is 0 Å². The molecule has 1 amide bonds. The number of amides is 1. The highest BCUT2D eigenvalue weighted by molar-refractivity contribution is 5.83. The zero-order valence-corrected chi connectivity index (χ0v) is 10.3. The fraction of sp³-hybridized carbons (Fsp3) is 0.917. The van der Waals surface area contributed by atoms with E-state index < -0.39 is 0 Å². The summed E-state index contributed by atoms with van der Waals surface area (Å²) in [6.07, 6.45) is 5.97. The molecule has 0 aromatic heterocycles. The monoisotopic (exact) mass is 212 g/mol.